The minimum absolute atomic E-state index is 0.141. The maximum atomic E-state index is 12.1. The molecule has 4 heteroatoms. The first-order valence-corrected chi connectivity index (χ1v) is 6.91. The number of carbonyl (C=O) groups is 1. The molecule has 0 atom stereocenters. The Morgan fingerprint density at radius 3 is 2.47 bits per heavy atom. The van der Waals surface area contributed by atoms with Gasteiger partial charge < -0.3 is 11.1 Å². The summed E-state index contributed by atoms with van der Waals surface area (Å²) < 4.78 is 1.13. The molecule has 0 aromatic heterocycles. The number of para-hydroxylation sites is 1. The van der Waals surface area contributed by atoms with Gasteiger partial charge in [0, 0.05) is 14.8 Å². The van der Waals surface area contributed by atoms with Gasteiger partial charge in [0.25, 0.3) is 5.91 Å². The van der Waals surface area contributed by atoms with Gasteiger partial charge in [-0.1, -0.05) is 30.3 Å². The number of anilines is 1. The van der Waals surface area contributed by atoms with Gasteiger partial charge in [-0.15, -0.1) is 0 Å². The lowest BCUT2D eigenvalue weighted by atomic mass is 10.0. The number of halogens is 1. The molecule has 3 N–H and O–H groups in total. The molecule has 0 saturated carbocycles. The molecule has 1 amide bonds. The summed E-state index contributed by atoms with van der Waals surface area (Å²) in [5, 5.41) is 2.83. The van der Waals surface area contributed by atoms with Crippen LogP contribution in [-0.2, 0) is 4.79 Å². The topological polar surface area (TPSA) is 55.1 Å². The Balaban J connectivity index is 2.17. The average Bonchev–Trinajstić information content (AvgIpc) is 2.74. The van der Waals surface area contributed by atoms with Gasteiger partial charge in [0.2, 0.25) is 0 Å². The molecule has 0 radical (unpaired) electrons. The Labute approximate surface area is 124 Å². The second kappa shape index (κ2) is 4.70. The van der Waals surface area contributed by atoms with Crippen molar-refractivity contribution in [2.24, 2.45) is 5.73 Å². The van der Waals surface area contributed by atoms with Gasteiger partial charge in [-0.3, -0.25) is 4.79 Å². The quantitative estimate of drug-likeness (QED) is 0.605. The molecule has 0 saturated heterocycles. The van der Waals surface area contributed by atoms with E-state index in [0.29, 0.717) is 11.3 Å². The van der Waals surface area contributed by atoms with Crippen LogP contribution in [0.15, 0.2) is 48.5 Å². The summed E-state index contributed by atoms with van der Waals surface area (Å²) in [5.41, 5.74) is 9.78. The van der Waals surface area contributed by atoms with E-state index in [4.69, 9.17) is 5.73 Å². The number of amides is 1. The Hall–Kier alpha value is -1.82. The molecule has 0 bridgehead atoms. The van der Waals surface area contributed by atoms with E-state index < -0.39 is 0 Å². The fraction of sp³-hybridized carbons (Fsp3) is 0. The van der Waals surface area contributed by atoms with Gasteiger partial charge >= 0.3 is 0 Å². The van der Waals surface area contributed by atoms with E-state index in [1.807, 2.05) is 48.5 Å². The molecule has 3 rings (SSSR count). The van der Waals surface area contributed by atoms with Gasteiger partial charge in [-0.2, -0.15) is 0 Å². The highest BCUT2D eigenvalue weighted by atomic mass is 127. The summed E-state index contributed by atoms with van der Waals surface area (Å²) >= 11 is 2.24. The highest BCUT2D eigenvalue weighted by molar-refractivity contribution is 14.1. The maximum absolute atomic E-state index is 12.1. The molecule has 0 aliphatic carbocycles. The third-order valence-electron chi connectivity index (χ3n) is 3.10. The van der Waals surface area contributed by atoms with E-state index in [0.717, 1.165) is 20.4 Å². The lowest BCUT2D eigenvalue weighted by molar-refractivity contribution is -0.110. The zero-order chi connectivity index (χ0) is 13.4. The molecule has 0 spiro atoms. The predicted octanol–water partition coefficient (Wildman–Crippen LogP) is 3.07. The van der Waals surface area contributed by atoms with Crippen LogP contribution in [0.4, 0.5) is 5.69 Å². The van der Waals surface area contributed by atoms with Crippen LogP contribution in [0.5, 0.6) is 0 Å². The van der Waals surface area contributed by atoms with E-state index in [1.54, 1.807) is 0 Å². The zero-order valence-electron chi connectivity index (χ0n) is 9.98. The van der Waals surface area contributed by atoms with Crippen molar-refractivity contribution in [3.8, 4) is 0 Å². The van der Waals surface area contributed by atoms with E-state index in [1.165, 1.54) is 0 Å². The summed E-state index contributed by atoms with van der Waals surface area (Å²) in [6, 6.07) is 15.4. The number of carbonyl (C=O) groups excluding carboxylic acids is 1. The molecule has 1 aliphatic rings. The highest BCUT2D eigenvalue weighted by Crippen LogP contribution is 2.34. The van der Waals surface area contributed by atoms with Crippen LogP contribution >= 0.6 is 22.6 Å². The number of hydrogen-bond donors (Lipinski definition) is 2. The first-order valence-electron chi connectivity index (χ1n) is 5.83. The van der Waals surface area contributed by atoms with Crippen molar-refractivity contribution < 1.29 is 4.79 Å². The van der Waals surface area contributed by atoms with Gasteiger partial charge in [-0.25, -0.2) is 0 Å². The molecule has 0 fully saturated rings. The zero-order valence-corrected chi connectivity index (χ0v) is 12.1. The summed E-state index contributed by atoms with van der Waals surface area (Å²) in [5.74, 6) is -0.141. The van der Waals surface area contributed by atoms with Crippen LogP contribution in [0.25, 0.3) is 11.3 Å². The minimum Gasteiger partial charge on any atom is -0.398 e. The molecule has 94 valence electrons. The minimum atomic E-state index is -0.141. The fourth-order valence-electron chi connectivity index (χ4n) is 2.16. The van der Waals surface area contributed by atoms with E-state index in [-0.39, 0.29) is 5.91 Å². The molecular weight excluding hydrogens is 351 g/mol. The molecular formula is C15H11IN2O. The molecule has 19 heavy (non-hydrogen) atoms. The summed E-state index contributed by atoms with van der Waals surface area (Å²) in [6.45, 7) is 0. The standard InChI is InChI=1S/C15H11IN2O/c16-10-7-5-9(6-8-10)14(17)13-11-3-1-2-4-12(11)18-15(13)19/h1-8H,17H2,(H,18,19)/b14-13-. The number of nitrogens with two attached hydrogens (primary N) is 1. The molecule has 2 aromatic rings. The third-order valence-corrected chi connectivity index (χ3v) is 3.82. The number of fused-ring (bicyclic) bond motifs is 1. The molecule has 1 aliphatic heterocycles. The number of rotatable bonds is 1. The SMILES string of the molecule is N/C(=C1\C(=O)Nc2ccccc21)c1ccc(I)cc1. The number of hydrogen-bond acceptors (Lipinski definition) is 2. The summed E-state index contributed by atoms with van der Waals surface area (Å²) in [6.07, 6.45) is 0. The second-order valence-corrected chi connectivity index (χ2v) is 5.54. The van der Waals surface area contributed by atoms with Crippen molar-refractivity contribution in [3.05, 3.63) is 63.2 Å². The van der Waals surface area contributed by atoms with Gasteiger partial charge in [0.05, 0.1) is 11.3 Å². The van der Waals surface area contributed by atoms with Gasteiger partial charge in [-0.05, 0) is 46.4 Å². The Morgan fingerprint density at radius 1 is 1.05 bits per heavy atom. The largest absolute Gasteiger partial charge is 0.398 e. The van der Waals surface area contributed by atoms with Crippen LogP contribution in [-0.4, -0.2) is 5.91 Å². The normalized spacial score (nSPS) is 15.9. The molecule has 3 nitrogen and oxygen atoms in total. The Bertz CT molecular complexity index is 690. The van der Waals surface area contributed by atoms with Crippen LogP contribution in [0.2, 0.25) is 0 Å². The smallest absolute Gasteiger partial charge is 0.258 e. The van der Waals surface area contributed by atoms with Crippen molar-refractivity contribution in [1.29, 1.82) is 0 Å². The van der Waals surface area contributed by atoms with Crippen molar-refractivity contribution in [3.63, 3.8) is 0 Å². The van der Waals surface area contributed by atoms with Crippen LogP contribution in [0.3, 0.4) is 0 Å². The molecule has 1 heterocycles. The van der Waals surface area contributed by atoms with Crippen LogP contribution < -0.4 is 11.1 Å². The summed E-state index contributed by atoms with van der Waals surface area (Å²) in [4.78, 5) is 12.1. The van der Waals surface area contributed by atoms with Gasteiger partial charge in [0.15, 0.2) is 0 Å². The maximum Gasteiger partial charge on any atom is 0.258 e. The lowest BCUT2D eigenvalue weighted by Crippen LogP contribution is -2.09. The number of nitrogens with one attached hydrogen (secondary N) is 1. The van der Waals surface area contributed by atoms with Crippen LogP contribution in [0, 0.1) is 3.57 Å². The lowest BCUT2D eigenvalue weighted by Gasteiger charge is -2.06. The first-order chi connectivity index (χ1) is 9.16. The predicted molar refractivity (Wildman–Crippen MR) is 85.2 cm³/mol. The van der Waals surface area contributed by atoms with Crippen molar-refractivity contribution in [1.82, 2.24) is 0 Å². The third kappa shape index (κ3) is 2.12. The monoisotopic (exact) mass is 362 g/mol. The van der Waals surface area contributed by atoms with Crippen molar-refractivity contribution >= 4 is 45.5 Å². The highest BCUT2D eigenvalue weighted by Gasteiger charge is 2.26. The Morgan fingerprint density at radius 2 is 1.74 bits per heavy atom. The molecule has 0 unspecified atom stereocenters. The van der Waals surface area contributed by atoms with Crippen molar-refractivity contribution in [2.45, 2.75) is 0 Å². The number of benzene rings is 2. The Kier molecular flexibility index (Phi) is 3.02. The van der Waals surface area contributed by atoms with Crippen LogP contribution in [0.1, 0.15) is 11.1 Å². The molecule has 2 aromatic carbocycles. The average molecular weight is 362 g/mol. The summed E-state index contributed by atoms with van der Waals surface area (Å²) in [7, 11) is 0. The fourth-order valence-corrected chi connectivity index (χ4v) is 2.52. The first kappa shape index (κ1) is 12.2. The second-order valence-electron chi connectivity index (χ2n) is 4.30. The van der Waals surface area contributed by atoms with E-state index in [2.05, 4.69) is 27.9 Å². The van der Waals surface area contributed by atoms with Crippen molar-refractivity contribution in [2.75, 3.05) is 5.32 Å². The van der Waals surface area contributed by atoms with E-state index in [9.17, 15) is 4.79 Å². The van der Waals surface area contributed by atoms with E-state index >= 15 is 0 Å². The van der Waals surface area contributed by atoms with Gasteiger partial charge in [0.1, 0.15) is 0 Å².